The minimum atomic E-state index is -0.705. The van der Waals surface area contributed by atoms with Crippen molar-refractivity contribution in [3.63, 3.8) is 0 Å². The maximum absolute atomic E-state index is 10.7. The summed E-state index contributed by atoms with van der Waals surface area (Å²) >= 11 is 0. The van der Waals surface area contributed by atoms with Crippen LogP contribution >= 0.6 is 0 Å². The molecule has 52 heavy (non-hydrogen) atoms. The maximum Gasteiger partial charge on any atom is 0.200 e. The normalized spacial score (nSPS) is 11.6. The van der Waals surface area contributed by atoms with Crippen molar-refractivity contribution in [3.8, 4) is 56.3 Å². The first-order valence-corrected chi connectivity index (χ1v) is 17.2. The summed E-state index contributed by atoms with van der Waals surface area (Å²) in [6.07, 6.45) is 0.808. The number of phenols is 3. The fourth-order valence-electron chi connectivity index (χ4n) is 7.85. The van der Waals surface area contributed by atoms with Crippen molar-refractivity contribution in [1.82, 2.24) is 9.55 Å². The monoisotopic (exact) mass is 668 g/mol. The van der Waals surface area contributed by atoms with Crippen LogP contribution in [0.4, 0.5) is 0 Å². The first kappa shape index (κ1) is 31.5. The molecule has 0 amide bonds. The Morgan fingerprint density at radius 2 is 1.02 bits per heavy atom. The third kappa shape index (κ3) is 4.62. The predicted molar refractivity (Wildman–Crippen MR) is 215 cm³/mol. The number of para-hydroxylation sites is 2. The molecule has 0 aliphatic heterocycles. The molecule has 4 radical (unpaired) electrons. The van der Waals surface area contributed by atoms with E-state index in [1.807, 2.05) is 30.3 Å². The van der Waals surface area contributed by atoms with E-state index < -0.39 is 17.2 Å². The number of nitrogens with zero attached hydrogens (tertiary/aromatic N) is 2. The van der Waals surface area contributed by atoms with Gasteiger partial charge in [0.25, 0.3) is 0 Å². The standard InChI is InChI=1S/C45H30B2N2O3/c1-2-37-48-34-17-9-10-18-36(34)49(37)35-24-23-33(27-11-3-4-12-28(27)35)40-31-15-7-5-13-29(31)38(30-14-6-8-16-32(30)40)25-19-21-26(22-20-25)39-41(46)42(47)44(51)45(52)43(39)50/h3-24,50-52H,2H2,1H3. The van der Waals surface area contributed by atoms with E-state index in [1.54, 1.807) is 0 Å². The first-order chi connectivity index (χ1) is 25.4. The molecule has 244 valence electrons. The topological polar surface area (TPSA) is 78.5 Å². The molecule has 0 atom stereocenters. The molecular formula is C45H30B2N2O3. The van der Waals surface area contributed by atoms with E-state index in [-0.39, 0.29) is 16.5 Å². The Morgan fingerprint density at radius 1 is 0.500 bits per heavy atom. The van der Waals surface area contributed by atoms with Crippen molar-refractivity contribution in [2.75, 3.05) is 0 Å². The van der Waals surface area contributed by atoms with E-state index in [0.717, 1.165) is 83.5 Å². The Labute approximate surface area is 302 Å². The van der Waals surface area contributed by atoms with Crippen LogP contribution in [0.25, 0.3) is 82.4 Å². The Morgan fingerprint density at radius 3 is 1.63 bits per heavy atom. The fourth-order valence-corrected chi connectivity index (χ4v) is 7.85. The molecule has 0 spiro atoms. The van der Waals surface area contributed by atoms with Crippen molar-refractivity contribution < 1.29 is 15.3 Å². The predicted octanol–water partition coefficient (Wildman–Crippen LogP) is 8.75. The Kier molecular flexibility index (Phi) is 7.33. The molecule has 1 aromatic heterocycles. The number of aromatic hydroxyl groups is 3. The van der Waals surface area contributed by atoms with Gasteiger partial charge >= 0.3 is 0 Å². The van der Waals surface area contributed by atoms with E-state index in [4.69, 9.17) is 20.7 Å². The van der Waals surface area contributed by atoms with Gasteiger partial charge in [-0.2, -0.15) is 0 Å². The summed E-state index contributed by atoms with van der Waals surface area (Å²) in [4.78, 5) is 4.98. The lowest BCUT2D eigenvalue weighted by Crippen LogP contribution is -2.28. The van der Waals surface area contributed by atoms with Crippen molar-refractivity contribution in [1.29, 1.82) is 0 Å². The number of hydrogen-bond donors (Lipinski definition) is 3. The molecule has 3 N–H and O–H groups in total. The Balaban J connectivity index is 1.28. The van der Waals surface area contributed by atoms with Gasteiger partial charge in [0.15, 0.2) is 17.2 Å². The average Bonchev–Trinajstić information content (AvgIpc) is 3.57. The number of hydrogen-bond acceptors (Lipinski definition) is 4. The molecule has 0 bridgehead atoms. The van der Waals surface area contributed by atoms with E-state index in [1.165, 1.54) is 0 Å². The SMILES string of the molecule is [B]c1c([B])c(-c2ccc(-c3c4ccccc4c(-c4ccc(-n5c(CC)nc6ccccc65)c5ccccc45)c4ccccc34)cc2)c(O)c(O)c1O. The van der Waals surface area contributed by atoms with Crippen molar-refractivity contribution >= 4 is 70.0 Å². The molecular weight excluding hydrogens is 638 g/mol. The first-order valence-electron chi connectivity index (χ1n) is 17.2. The summed E-state index contributed by atoms with van der Waals surface area (Å²) in [5.41, 5.74) is 8.04. The van der Waals surface area contributed by atoms with Gasteiger partial charge in [0.1, 0.15) is 21.5 Å². The van der Waals surface area contributed by atoms with Crippen LogP contribution in [-0.2, 0) is 6.42 Å². The largest absolute Gasteiger partial charge is 0.505 e. The summed E-state index contributed by atoms with van der Waals surface area (Å²) in [7, 11) is 12.2. The Bertz CT molecular complexity index is 2810. The van der Waals surface area contributed by atoms with Gasteiger partial charge in [0.05, 0.1) is 16.7 Å². The van der Waals surface area contributed by atoms with Crippen LogP contribution in [0.5, 0.6) is 17.2 Å². The van der Waals surface area contributed by atoms with E-state index >= 15 is 0 Å². The molecule has 5 nitrogen and oxygen atoms in total. The van der Waals surface area contributed by atoms with Crippen LogP contribution in [0.1, 0.15) is 12.7 Å². The highest BCUT2D eigenvalue weighted by Crippen LogP contribution is 2.47. The minimum absolute atomic E-state index is 0.00816. The molecule has 8 aromatic carbocycles. The molecule has 0 saturated heterocycles. The Hall–Kier alpha value is -6.46. The number of rotatable bonds is 5. The zero-order chi connectivity index (χ0) is 35.7. The third-order valence-electron chi connectivity index (χ3n) is 10.3. The van der Waals surface area contributed by atoms with Crippen LogP contribution in [0.3, 0.4) is 0 Å². The van der Waals surface area contributed by atoms with Gasteiger partial charge in [-0.3, -0.25) is 4.57 Å². The highest BCUT2D eigenvalue weighted by Gasteiger charge is 2.22. The number of aryl methyl sites for hydroxylation is 1. The number of aromatic nitrogens is 2. The van der Waals surface area contributed by atoms with Gasteiger partial charge in [-0.05, 0) is 72.9 Å². The number of imidazole rings is 1. The van der Waals surface area contributed by atoms with Gasteiger partial charge in [-0.15, -0.1) is 0 Å². The average molecular weight is 668 g/mol. The summed E-state index contributed by atoms with van der Waals surface area (Å²) in [5, 5.41) is 37.8. The zero-order valence-corrected chi connectivity index (χ0v) is 28.3. The molecule has 0 aliphatic rings. The molecule has 0 fully saturated rings. The second-order valence-corrected chi connectivity index (χ2v) is 13.1. The third-order valence-corrected chi connectivity index (χ3v) is 10.3. The number of benzene rings is 8. The summed E-state index contributed by atoms with van der Waals surface area (Å²) in [6.45, 7) is 2.15. The lowest BCUT2D eigenvalue weighted by molar-refractivity contribution is 0.371. The van der Waals surface area contributed by atoms with Crippen LogP contribution in [-0.4, -0.2) is 40.6 Å². The molecule has 0 unspecified atom stereocenters. The van der Waals surface area contributed by atoms with Crippen LogP contribution in [0, 0.1) is 0 Å². The quantitative estimate of drug-likeness (QED) is 0.0974. The lowest BCUT2D eigenvalue weighted by atomic mass is 9.74. The van der Waals surface area contributed by atoms with E-state index in [0.29, 0.717) is 5.56 Å². The summed E-state index contributed by atoms with van der Waals surface area (Å²) in [6, 6.07) is 46.1. The minimum Gasteiger partial charge on any atom is -0.505 e. The van der Waals surface area contributed by atoms with Gasteiger partial charge in [0, 0.05) is 17.4 Å². The van der Waals surface area contributed by atoms with Crippen molar-refractivity contribution in [2.45, 2.75) is 13.3 Å². The van der Waals surface area contributed by atoms with Crippen LogP contribution in [0.15, 0.2) is 133 Å². The smallest absolute Gasteiger partial charge is 0.200 e. The van der Waals surface area contributed by atoms with Crippen LogP contribution < -0.4 is 10.9 Å². The fraction of sp³-hybridized carbons (Fsp3) is 0.0444. The molecule has 9 rings (SSSR count). The lowest BCUT2D eigenvalue weighted by Gasteiger charge is -2.20. The van der Waals surface area contributed by atoms with Crippen molar-refractivity contribution in [2.24, 2.45) is 0 Å². The van der Waals surface area contributed by atoms with Crippen molar-refractivity contribution in [3.05, 3.63) is 139 Å². The highest BCUT2D eigenvalue weighted by molar-refractivity contribution is 6.52. The second kappa shape index (κ2) is 12.1. The summed E-state index contributed by atoms with van der Waals surface area (Å²) < 4.78 is 2.30. The number of phenolic OH excluding ortho intramolecular Hbond substituents is 3. The molecule has 9 aromatic rings. The van der Waals surface area contributed by atoms with Gasteiger partial charge in [-0.25, -0.2) is 4.98 Å². The van der Waals surface area contributed by atoms with E-state index in [2.05, 4.69) is 115 Å². The highest BCUT2D eigenvalue weighted by atomic mass is 16.3. The second-order valence-electron chi connectivity index (χ2n) is 13.1. The maximum atomic E-state index is 10.7. The molecule has 7 heteroatoms. The number of fused-ring (bicyclic) bond motifs is 4. The van der Waals surface area contributed by atoms with Gasteiger partial charge < -0.3 is 15.3 Å². The molecule has 1 heterocycles. The van der Waals surface area contributed by atoms with Gasteiger partial charge in [0.2, 0.25) is 0 Å². The van der Waals surface area contributed by atoms with Gasteiger partial charge in [-0.1, -0.05) is 133 Å². The summed E-state index contributed by atoms with van der Waals surface area (Å²) in [5.74, 6) is -0.851. The molecule has 0 aliphatic carbocycles. The van der Waals surface area contributed by atoms with Crippen LogP contribution in [0.2, 0.25) is 0 Å². The zero-order valence-electron chi connectivity index (χ0n) is 28.3. The van der Waals surface area contributed by atoms with E-state index in [9.17, 15) is 15.3 Å². The molecule has 0 saturated carbocycles.